The van der Waals surface area contributed by atoms with Gasteiger partial charge in [-0.05, 0) is 19.1 Å². The predicted octanol–water partition coefficient (Wildman–Crippen LogP) is 3.37. The first-order valence-electron chi connectivity index (χ1n) is 8.97. The molecule has 0 aliphatic carbocycles. The number of imidazole rings is 1. The number of aromatic nitrogens is 6. The molecule has 5 heterocycles. The van der Waals surface area contributed by atoms with Crippen molar-refractivity contribution in [2.24, 2.45) is 0 Å². The van der Waals surface area contributed by atoms with Crippen LogP contribution in [0.4, 0.5) is 5.13 Å². The fourth-order valence-corrected chi connectivity index (χ4v) is 3.98. The average molecular weight is 417 g/mol. The summed E-state index contributed by atoms with van der Waals surface area (Å²) in [5.74, 6) is 0.301. The maximum Gasteiger partial charge on any atom is 0.259 e. The number of carbonyl (C=O) groups excluding carboxylic acids is 1. The van der Waals surface area contributed by atoms with Crippen molar-refractivity contribution in [3.63, 3.8) is 0 Å². The molecule has 0 aromatic carbocycles. The van der Waals surface area contributed by atoms with E-state index in [4.69, 9.17) is 4.74 Å². The van der Waals surface area contributed by atoms with Gasteiger partial charge in [0.05, 0.1) is 41.6 Å². The molecule has 5 aromatic rings. The Balaban J connectivity index is 1.59. The Kier molecular flexibility index (Phi) is 4.32. The van der Waals surface area contributed by atoms with Crippen LogP contribution in [0.1, 0.15) is 16.1 Å². The number of amides is 1. The summed E-state index contributed by atoms with van der Waals surface area (Å²) in [6, 6.07) is 3.80. The van der Waals surface area contributed by atoms with E-state index in [1.54, 1.807) is 32.0 Å². The van der Waals surface area contributed by atoms with Crippen LogP contribution in [-0.4, -0.2) is 42.3 Å². The maximum atomic E-state index is 13.1. The van der Waals surface area contributed by atoms with Gasteiger partial charge in [-0.25, -0.2) is 15.0 Å². The summed E-state index contributed by atoms with van der Waals surface area (Å²) in [6.45, 7) is 1.88. The van der Waals surface area contributed by atoms with Crippen molar-refractivity contribution in [2.45, 2.75) is 6.92 Å². The monoisotopic (exact) mass is 417 g/mol. The van der Waals surface area contributed by atoms with E-state index in [-0.39, 0.29) is 5.91 Å². The normalized spacial score (nSPS) is 11.1. The first-order chi connectivity index (χ1) is 14.6. The summed E-state index contributed by atoms with van der Waals surface area (Å²) in [6.07, 6.45) is 9.94. The molecular formula is C20H15N7O2S. The molecule has 0 aliphatic rings. The van der Waals surface area contributed by atoms with Crippen LogP contribution in [0, 0.1) is 6.92 Å². The largest absolute Gasteiger partial charge is 0.495 e. The van der Waals surface area contributed by atoms with Crippen molar-refractivity contribution in [1.82, 2.24) is 29.3 Å². The molecule has 0 atom stereocenters. The van der Waals surface area contributed by atoms with Crippen LogP contribution in [0.15, 0.2) is 49.6 Å². The number of aryl methyl sites for hydroxylation is 1. The van der Waals surface area contributed by atoms with E-state index in [1.807, 2.05) is 29.7 Å². The second-order valence-electron chi connectivity index (χ2n) is 6.54. The molecule has 0 fully saturated rings. The minimum Gasteiger partial charge on any atom is -0.495 e. The van der Waals surface area contributed by atoms with Gasteiger partial charge < -0.3 is 9.14 Å². The highest BCUT2D eigenvalue weighted by Gasteiger charge is 2.19. The van der Waals surface area contributed by atoms with Crippen LogP contribution < -0.4 is 10.1 Å². The zero-order chi connectivity index (χ0) is 20.7. The molecule has 148 valence electrons. The van der Waals surface area contributed by atoms with Crippen molar-refractivity contribution < 1.29 is 9.53 Å². The van der Waals surface area contributed by atoms with Crippen molar-refractivity contribution in [2.75, 3.05) is 12.4 Å². The maximum absolute atomic E-state index is 13.1. The predicted molar refractivity (Wildman–Crippen MR) is 113 cm³/mol. The first kappa shape index (κ1) is 18.1. The lowest BCUT2D eigenvalue weighted by atomic mass is 10.00. The number of fused-ring (bicyclic) bond motifs is 2. The van der Waals surface area contributed by atoms with E-state index < -0.39 is 0 Å². The number of nitrogens with one attached hydrogen (secondary N) is 1. The molecule has 0 aliphatic heterocycles. The van der Waals surface area contributed by atoms with E-state index in [0.717, 1.165) is 21.5 Å². The van der Waals surface area contributed by atoms with Crippen LogP contribution in [0.3, 0.4) is 0 Å². The Hall–Kier alpha value is -3.92. The van der Waals surface area contributed by atoms with Gasteiger partial charge in [-0.1, -0.05) is 11.3 Å². The number of rotatable bonds is 4. The summed E-state index contributed by atoms with van der Waals surface area (Å²) in [7, 11) is 1.59. The smallest absolute Gasteiger partial charge is 0.259 e. The van der Waals surface area contributed by atoms with Gasteiger partial charge in [-0.3, -0.25) is 15.1 Å². The minimum atomic E-state index is -0.319. The van der Waals surface area contributed by atoms with Gasteiger partial charge in [-0.2, -0.15) is 4.98 Å². The fraction of sp³-hybridized carbons (Fsp3) is 0.100. The second-order valence-corrected chi connectivity index (χ2v) is 7.57. The summed E-state index contributed by atoms with van der Waals surface area (Å²) >= 11 is 1.31. The third-order valence-electron chi connectivity index (χ3n) is 4.60. The molecule has 0 unspecified atom stereocenters. The molecule has 5 aromatic heterocycles. The lowest BCUT2D eigenvalue weighted by molar-refractivity contribution is 0.102. The molecule has 1 amide bonds. The Morgan fingerprint density at radius 2 is 2.03 bits per heavy atom. The van der Waals surface area contributed by atoms with Gasteiger partial charge in [0.25, 0.3) is 5.91 Å². The van der Waals surface area contributed by atoms with E-state index in [9.17, 15) is 4.79 Å². The molecule has 0 spiro atoms. The Morgan fingerprint density at radius 3 is 2.87 bits per heavy atom. The molecule has 30 heavy (non-hydrogen) atoms. The Bertz CT molecular complexity index is 1380. The Labute approximate surface area is 174 Å². The Morgan fingerprint density at radius 1 is 1.13 bits per heavy atom. The topological polar surface area (TPSA) is 107 Å². The third kappa shape index (κ3) is 3.12. The van der Waals surface area contributed by atoms with Crippen molar-refractivity contribution in [3.05, 3.63) is 60.8 Å². The van der Waals surface area contributed by atoms with Crippen molar-refractivity contribution in [3.8, 4) is 16.9 Å². The van der Waals surface area contributed by atoms with Crippen LogP contribution in [0.2, 0.25) is 0 Å². The lowest BCUT2D eigenvalue weighted by Gasteiger charge is -2.14. The highest BCUT2D eigenvalue weighted by atomic mass is 32.1. The number of hydrogen-bond acceptors (Lipinski definition) is 8. The van der Waals surface area contributed by atoms with Crippen molar-refractivity contribution in [1.29, 1.82) is 0 Å². The molecule has 0 saturated heterocycles. The number of anilines is 1. The van der Waals surface area contributed by atoms with E-state index in [1.165, 1.54) is 17.7 Å². The quantitative estimate of drug-likeness (QED) is 0.478. The lowest BCUT2D eigenvalue weighted by Crippen LogP contribution is -2.14. The summed E-state index contributed by atoms with van der Waals surface area (Å²) in [5.41, 5.74) is 4.11. The van der Waals surface area contributed by atoms with Gasteiger partial charge in [0.1, 0.15) is 12.1 Å². The van der Waals surface area contributed by atoms with Gasteiger partial charge in [-0.15, -0.1) is 0 Å². The molecule has 9 nitrogen and oxygen atoms in total. The number of pyridine rings is 2. The highest BCUT2D eigenvalue weighted by Crippen LogP contribution is 2.34. The standard InChI is InChI=1S/C20H15N7O2S/c1-11-3-13(14-4-12-5-22-10-27(12)8-16(14)29-2)15(6-23-11)19(28)26-20-25-18-17(30-20)7-21-9-24-18/h3-10H,1-2H3,(H,21,24,25,26,28). The third-order valence-corrected chi connectivity index (χ3v) is 5.49. The molecule has 0 saturated carbocycles. The second kappa shape index (κ2) is 7.16. The zero-order valence-corrected chi connectivity index (χ0v) is 16.8. The molecular weight excluding hydrogens is 402 g/mol. The van der Waals surface area contributed by atoms with Crippen LogP contribution in [-0.2, 0) is 0 Å². The molecule has 10 heteroatoms. The number of hydrogen-bond donors (Lipinski definition) is 1. The number of methoxy groups -OCH3 is 1. The van der Waals surface area contributed by atoms with E-state index in [2.05, 4.69) is 30.2 Å². The zero-order valence-electron chi connectivity index (χ0n) is 16.0. The fourth-order valence-electron chi connectivity index (χ4n) is 3.19. The summed E-state index contributed by atoms with van der Waals surface area (Å²) in [5, 5.41) is 3.29. The van der Waals surface area contributed by atoms with E-state index >= 15 is 0 Å². The number of ether oxygens (including phenoxy) is 1. The number of nitrogens with zero attached hydrogens (tertiary/aromatic N) is 6. The van der Waals surface area contributed by atoms with Gasteiger partial charge in [0.15, 0.2) is 10.8 Å². The summed E-state index contributed by atoms with van der Waals surface area (Å²) in [4.78, 5) is 34.0. The SMILES string of the molecule is COc1cn2cncc2cc1-c1cc(C)ncc1C(=O)Nc1nc2ncncc2s1. The van der Waals surface area contributed by atoms with Crippen LogP contribution >= 0.6 is 11.3 Å². The molecule has 0 radical (unpaired) electrons. The first-order valence-corrected chi connectivity index (χ1v) is 9.78. The highest BCUT2D eigenvalue weighted by molar-refractivity contribution is 7.22. The van der Waals surface area contributed by atoms with E-state index in [0.29, 0.717) is 27.7 Å². The van der Waals surface area contributed by atoms with Crippen LogP contribution in [0.5, 0.6) is 5.75 Å². The van der Waals surface area contributed by atoms with Crippen LogP contribution in [0.25, 0.3) is 27.0 Å². The van der Waals surface area contributed by atoms with Crippen molar-refractivity contribution >= 4 is 38.2 Å². The summed E-state index contributed by atoms with van der Waals surface area (Å²) < 4.78 is 8.24. The van der Waals surface area contributed by atoms with Gasteiger partial charge in [0, 0.05) is 29.2 Å². The minimum absolute atomic E-state index is 0.319. The van der Waals surface area contributed by atoms with Gasteiger partial charge in [0.2, 0.25) is 0 Å². The molecule has 1 N–H and O–H groups in total. The molecule has 5 rings (SSSR count). The molecule has 0 bridgehead atoms. The van der Waals surface area contributed by atoms with Gasteiger partial charge >= 0.3 is 0 Å². The number of carbonyl (C=O) groups is 1. The number of thiazole rings is 1. The average Bonchev–Trinajstić information content (AvgIpc) is 3.38.